The van der Waals surface area contributed by atoms with Gasteiger partial charge >= 0.3 is 0 Å². The fourth-order valence-corrected chi connectivity index (χ4v) is 1.26. The molecule has 0 saturated carbocycles. The summed E-state index contributed by atoms with van der Waals surface area (Å²) in [7, 11) is 0. The fraction of sp³-hybridized carbons (Fsp3) is 0.200. The van der Waals surface area contributed by atoms with Crippen LogP contribution >= 0.6 is 0 Å². The lowest BCUT2D eigenvalue weighted by molar-refractivity contribution is -0.683. The standard InChI is InChI=1S/C10H10N3O2.BrH/c1-8-10(12-15-11-8)9(14)7-13-5-3-2-4-6-13;/h2-6H,7H2,1H3;1H/q+1;/p-1. The number of ketones is 1. The first-order chi connectivity index (χ1) is 7.27. The molecule has 0 aliphatic rings. The van der Waals surface area contributed by atoms with E-state index in [2.05, 4.69) is 14.9 Å². The molecular weight excluding hydrogens is 274 g/mol. The van der Waals surface area contributed by atoms with E-state index in [1.165, 1.54) is 0 Å². The normalized spacial score (nSPS) is 9.56. The van der Waals surface area contributed by atoms with E-state index in [1.54, 1.807) is 11.5 Å². The zero-order chi connectivity index (χ0) is 10.7. The van der Waals surface area contributed by atoms with Crippen LogP contribution < -0.4 is 21.5 Å². The van der Waals surface area contributed by atoms with Crippen molar-refractivity contribution in [2.24, 2.45) is 0 Å². The molecule has 0 amide bonds. The van der Waals surface area contributed by atoms with Crippen LogP contribution in [-0.2, 0) is 6.54 Å². The Labute approximate surface area is 103 Å². The number of hydrogen-bond acceptors (Lipinski definition) is 4. The SMILES string of the molecule is Cc1nonc1C(=O)C[n+]1ccccc1.[Br-]. The van der Waals surface area contributed by atoms with Gasteiger partial charge in [-0.3, -0.25) is 4.79 Å². The average Bonchev–Trinajstić information content (AvgIpc) is 2.66. The topological polar surface area (TPSA) is 59.9 Å². The van der Waals surface area contributed by atoms with Gasteiger partial charge in [-0.1, -0.05) is 11.2 Å². The number of aryl methyl sites for hydroxylation is 1. The molecule has 5 nitrogen and oxygen atoms in total. The highest BCUT2D eigenvalue weighted by molar-refractivity contribution is 5.93. The number of rotatable bonds is 3. The maximum absolute atomic E-state index is 11.7. The zero-order valence-corrected chi connectivity index (χ0v) is 10.2. The van der Waals surface area contributed by atoms with E-state index in [-0.39, 0.29) is 29.3 Å². The molecule has 0 saturated heterocycles. The van der Waals surface area contributed by atoms with Crippen molar-refractivity contribution in [3.63, 3.8) is 0 Å². The molecule has 0 aromatic carbocycles. The Morgan fingerprint density at radius 2 is 2.00 bits per heavy atom. The van der Waals surface area contributed by atoms with E-state index < -0.39 is 0 Å². The van der Waals surface area contributed by atoms with Crippen LogP contribution in [-0.4, -0.2) is 16.1 Å². The summed E-state index contributed by atoms with van der Waals surface area (Å²) in [5, 5.41) is 7.13. The summed E-state index contributed by atoms with van der Waals surface area (Å²) in [6.45, 7) is 1.94. The smallest absolute Gasteiger partial charge is 0.251 e. The number of halogens is 1. The molecule has 0 atom stereocenters. The minimum atomic E-state index is -0.107. The predicted molar refractivity (Wildman–Crippen MR) is 50.0 cm³/mol. The van der Waals surface area contributed by atoms with E-state index in [1.807, 2.05) is 30.6 Å². The summed E-state index contributed by atoms with van der Waals surface area (Å²) in [5.41, 5.74) is 0.822. The molecule has 16 heavy (non-hydrogen) atoms. The minimum Gasteiger partial charge on any atom is -1.00 e. The van der Waals surface area contributed by atoms with Crippen molar-refractivity contribution in [3.05, 3.63) is 42.0 Å². The molecule has 0 aliphatic heterocycles. The quantitative estimate of drug-likeness (QED) is 0.464. The van der Waals surface area contributed by atoms with Crippen molar-refractivity contribution in [2.75, 3.05) is 0 Å². The minimum absolute atomic E-state index is 0. The second-order valence-electron chi connectivity index (χ2n) is 3.17. The highest BCUT2D eigenvalue weighted by Gasteiger charge is 2.18. The summed E-state index contributed by atoms with van der Waals surface area (Å²) in [5.74, 6) is -0.107. The largest absolute Gasteiger partial charge is 1.00 e. The van der Waals surface area contributed by atoms with Crippen LogP contribution in [0.1, 0.15) is 16.2 Å². The van der Waals surface area contributed by atoms with Gasteiger partial charge in [0.1, 0.15) is 5.69 Å². The Hall–Kier alpha value is -1.56. The number of aromatic nitrogens is 3. The molecule has 2 aromatic rings. The van der Waals surface area contributed by atoms with E-state index in [0.717, 1.165) is 0 Å². The molecule has 0 radical (unpaired) electrons. The van der Waals surface area contributed by atoms with E-state index >= 15 is 0 Å². The molecule has 84 valence electrons. The molecule has 0 bridgehead atoms. The average molecular weight is 284 g/mol. The summed E-state index contributed by atoms with van der Waals surface area (Å²) in [6.07, 6.45) is 3.64. The third-order valence-corrected chi connectivity index (χ3v) is 2.02. The van der Waals surface area contributed by atoms with E-state index in [0.29, 0.717) is 11.4 Å². The Kier molecular flexibility index (Phi) is 4.30. The lowest BCUT2D eigenvalue weighted by atomic mass is 10.2. The predicted octanol–water partition coefficient (Wildman–Crippen LogP) is -2.45. The van der Waals surface area contributed by atoms with Gasteiger partial charge < -0.3 is 17.0 Å². The number of carbonyl (C=O) groups is 1. The van der Waals surface area contributed by atoms with Crippen molar-refractivity contribution >= 4 is 5.78 Å². The Morgan fingerprint density at radius 3 is 2.56 bits per heavy atom. The highest BCUT2D eigenvalue weighted by Crippen LogP contribution is 2.01. The number of hydrogen-bond donors (Lipinski definition) is 0. The first-order valence-corrected chi connectivity index (χ1v) is 4.54. The van der Waals surface area contributed by atoms with Crippen molar-refractivity contribution < 1.29 is 31.0 Å². The van der Waals surface area contributed by atoms with Gasteiger partial charge in [0.15, 0.2) is 18.1 Å². The molecule has 2 aromatic heterocycles. The first-order valence-electron chi connectivity index (χ1n) is 4.54. The van der Waals surface area contributed by atoms with Crippen LogP contribution in [0.2, 0.25) is 0 Å². The van der Waals surface area contributed by atoms with E-state index in [9.17, 15) is 4.79 Å². The number of nitrogens with zero attached hydrogens (tertiary/aromatic N) is 3. The van der Waals surface area contributed by atoms with Crippen LogP contribution in [0.25, 0.3) is 0 Å². The molecule has 0 aliphatic carbocycles. The summed E-state index contributed by atoms with van der Waals surface area (Å²) >= 11 is 0. The summed E-state index contributed by atoms with van der Waals surface area (Å²) in [6, 6.07) is 5.62. The lowest BCUT2D eigenvalue weighted by Gasteiger charge is -1.93. The fourth-order valence-electron chi connectivity index (χ4n) is 1.26. The maximum Gasteiger partial charge on any atom is 0.251 e. The van der Waals surface area contributed by atoms with Crippen LogP contribution in [0.3, 0.4) is 0 Å². The monoisotopic (exact) mass is 283 g/mol. The Bertz CT molecular complexity index is 470. The molecule has 6 heteroatoms. The molecule has 0 unspecified atom stereocenters. The number of Topliss-reactive ketones (excluding diaryl/α,β-unsaturated/α-hetero) is 1. The van der Waals surface area contributed by atoms with Crippen LogP contribution in [0.5, 0.6) is 0 Å². The second kappa shape index (κ2) is 5.50. The van der Waals surface area contributed by atoms with Gasteiger partial charge in [0.25, 0.3) is 5.78 Å². The lowest BCUT2D eigenvalue weighted by Crippen LogP contribution is -3.00. The van der Waals surface area contributed by atoms with Crippen molar-refractivity contribution in [3.8, 4) is 0 Å². The van der Waals surface area contributed by atoms with Crippen LogP contribution in [0.15, 0.2) is 35.2 Å². The molecule has 2 heterocycles. The van der Waals surface area contributed by atoms with Gasteiger partial charge in [-0.2, -0.15) is 4.57 Å². The molecular formula is C10H10BrN3O2. The van der Waals surface area contributed by atoms with Gasteiger partial charge in [-0.25, -0.2) is 4.63 Å². The van der Waals surface area contributed by atoms with Crippen molar-refractivity contribution in [1.82, 2.24) is 10.3 Å². The van der Waals surface area contributed by atoms with Gasteiger partial charge in [-0.05, 0) is 12.1 Å². The first kappa shape index (κ1) is 12.5. The van der Waals surface area contributed by atoms with Crippen LogP contribution in [0, 0.1) is 6.92 Å². The molecule has 0 N–H and O–H groups in total. The number of pyridine rings is 1. The summed E-state index contributed by atoms with van der Waals surface area (Å²) in [4.78, 5) is 11.7. The van der Waals surface area contributed by atoms with Crippen molar-refractivity contribution in [1.29, 1.82) is 0 Å². The zero-order valence-electron chi connectivity index (χ0n) is 8.63. The molecule has 0 spiro atoms. The highest BCUT2D eigenvalue weighted by atomic mass is 79.9. The number of carbonyl (C=O) groups excluding carboxylic acids is 1. The van der Waals surface area contributed by atoms with Gasteiger partial charge in [0, 0.05) is 12.1 Å². The third-order valence-electron chi connectivity index (χ3n) is 2.02. The molecule has 2 rings (SSSR count). The van der Waals surface area contributed by atoms with Gasteiger partial charge in [-0.15, -0.1) is 0 Å². The maximum atomic E-state index is 11.7. The van der Waals surface area contributed by atoms with Gasteiger partial charge in [0.2, 0.25) is 6.54 Å². The Morgan fingerprint density at radius 1 is 1.31 bits per heavy atom. The van der Waals surface area contributed by atoms with Gasteiger partial charge in [0.05, 0.1) is 0 Å². The summed E-state index contributed by atoms with van der Waals surface area (Å²) < 4.78 is 6.25. The van der Waals surface area contributed by atoms with Crippen molar-refractivity contribution in [2.45, 2.75) is 13.5 Å². The van der Waals surface area contributed by atoms with Crippen LogP contribution in [0.4, 0.5) is 0 Å². The Balaban J connectivity index is 0.00000128. The molecule has 0 fully saturated rings. The third kappa shape index (κ3) is 2.73. The van der Waals surface area contributed by atoms with E-state index in [4.69, 9.17) is 0 Å². The second-order valence-corrected chi connectivity index (χ2v) is 3.17.